The van der Waals surface area contributed by atoms with Crippen LogP contribution in [0.5, 0.6) is 0 Å². The molecule has 0 fully saturated rings. The lowest BCUT2D eigenvalue weighted by molar-refractivity contribution is -0.115. The van der Waals surface area contributed by atoms with Crippen molar-refractivity contribution in [3.05, 3.63) is 76.5 Å². The highest BCUT2D eigenvalue weighted by molar-refractivity contribution is 6.19. The van der Waals surface area contributed by atoms with Crippen LogP contribution in [-0.2, 0) is 4.79 Å². The van der Waals surface area contributed by atoms with Gasteiger partial charge in [-0.3, -0.25) is 4.79 Å². The van der Waals surface area contributed by atoms with Gasteiger partial charge in [-0.2, -0.15) is 0 Å². The number of nitrogens with zero attached hydrogens (tertiary/aromatic N) is 1. The lowest BCUT2D eigenvalue weighted by atomic mass is 10.1. The standard InChI is InChI=1S/C17H12F2N2O/c1-10-4-2-3-5-11(10)9-15-17(22)21-16(20-15)12-6-7-13(18)14(19)8-12/h2-9H,1H3,(H,20,21,22)/b15-9-. The maximum absolute atomic E-state index is 13.3. The molecule has 0 saturated heterocycles. The molecule has 0 aromatic heterocycles. The molecule has 0 radical (unpaired) electrons. The minimum atomic E-state index is -0.981. The number of nitrogens with one attached hydrogen (secondary N) is 1. The molecule has 0 atom stereocenters. The van der Waals surface area contributed by atoms with Crippen molar-refractivity contribution in [2.75, 3.05) is 0 Å². The molecule has 1 aliphatic heterocycles. The summed E-state index contributed by atoms with van der Waals surface area (Å²) < 4.78 is 26.2. The van der Waals surface area contributed by atoms with E-state index in [1.54, 1.807) is 6.08 Å². The third-order valence-corrected chi connectivity index (χ3v) is 3.37. The number of benzene rings is 2. The van der Waals surface area contributed by atoms with Gasteiger partial charge in [0.05, 0.1) is 0 Å². The molecule has 1 amide bonds. The fourth-order valence-electron chi connectivity index (χ4n) is 2.14. The Morgan fingerprint density at radius 2 is 1.86 bits per heavy atom. The maximum atomic E-state index is 13.3. The third kappa shape index (κ3) is 2.65. The van der Waals surface area contributed by atoms with Gasteiger partial charge in [0.2, 0.25) is 0 Å². The second kappa shape index (κ2) is 5.52. The predicted octanol–water partition coefficient (Wildman–Crippen LogP) is 3.19. The van der Waals surface area contributed by atoms with E-state index in [-0.39, 0.29) is 17.4 Å². The topological polar surface area (TPSA) is 41.5 Å². The Bertz CT molecular complexity index is 825. The van der Waals surface area contributed by atoms with Gasteiger partial charge < -0.3 is 5.32 Å². The molecule has 22 heavy (non-hydrogen) atoms. The van der Waals surface area contributed by atoms with Gasteiger partial charge in [0.15, 0.2) is 11.6 Å². The van der Waals surface area contributed by atoms with Crippen LogP contribution in [0.25, 0.3) is 6.08 Å². The summed E-state index contributed by atoms with van der Waals surface area (Å²) in [6.45, 7) is 1.93. The molecule has 0 aliphatic carbocycles. The van der Waals surface area contributed by atoms with Crippen molar-refractivity contribution in [1.82, 2.24) is 5.32 Å². The molecule has 3 nitrogen and oxygen atoms in total. The van der Waals surface area contributed by atoms with Gasteiger partial charge in [0, 0.05) is 5.56 Å². The van der Waals surface area contributed by atoms with Crippen molar-refractivity contribution in [3.63, 3.8) is 0 Å². The third-order valence-electron chi connectivity index (χ3n) is 3.37. The molecule has 0 saturated carbocycles. The molecule has 0 spiro atoms. The van der Waals surface area contributed by atoms with Gasteiger partial charge in [-0.05, 0) is 42.3 Å². The largest absolute Gasteiger partial charge is 0.305 e. The van der Waals surface area contributed by atoms with Crippen molar-refractivity contribution in [3.8, 4) is 0 Å². The molecule has 2 aromatic carbocycles. The lowest BCUT2D eigenvalue weighted by Crippen LogP contribution is -2.24. The number of rotatable bonds is 2. The molecule has 3 rings (SSSR count). The highest BCUT2D eigenvalue weighted by Gasteiger charge is 2.22. The van der Waals surface area contributed by atoms with Gasteiger partial charge in [-0.15, -0.1) is 0 Å². The fraction of sp³-hybridized carbons (Fsp3) is 0.0588. The van der Waals surface area contributed by atoms with Gasteiger partial charge in [-0.1, -0.05) is 24.3 Å². The second-order valence-electron chi connectivity index (χ2n) is 4.93. The summed E-state index contributed by atoms with van der Waals surface area (Å²) in [5, 5.41) is 2.56. The normalized spacial score (nSPS) is 15.9. The Morgan fingerprint density at radius 3 is 2.59 bits per heavy atom. The number of aliphatic imine (C=N–C) groups is 1. The molecule has 0 unspecified atom stereocenters. The van der Waals surface area contributed by atoms with E-state index in [9.17, 15) is 13.6 Å². The molecule has 1 aliphatic rings. The van der Waals surface area contributed by atoms with Crippen LogP contribution < -0.4 is 5.32 Å². The minimum Gasteiger partial charge on any atom is -0.305 e. The lowest BCUT2D eigenvalue weighted by Gasteiger charge is -2.00. The Morgan fingerprint density at radius 1 is 1.09 bits per heavy atom. The molecular weight excluding hydrogens is 286 g/mol. The van der Waals surface area contributed by atoms with Crippen LogP contribution in [-0.4, -0.2) is 11.7 Å². The van der Waals surface area contributed by atoms with Gasteiger partial charge in [0.25, 0.3) is 5.91 Å². The van der Waals surface area contributed by atoms with Crippen LogP contribution in [0.3, 0.4) is 0 Å². The Hall–Kier alpha value is -2.82. The summed E-state index contributed by atoms with van der Waals surface area (Å²) in [6.07, 6.45) is 1.66. The van der Waals surface area contributed by atoms with Crippen LogP contribution in [0.15, 0.2) is 53.2 Å². The number of hydrogen-bond acceptors (Lipinski definition) is 2. The van der Waals surface area contributed by atoms with Crippen LogP contribution in [0.2, 0.25) is 0 Å². The van der Waals surface area contributed by atoms with Crippen LogP contribution in [0, 0.1) is 18.6 Å². The molecular formula is C17H12F2N2O. The number of aryl methyl sites for hydroxylation is 1. The quantitative estimate of drug-likeness (QED) is 0.850. The van der Waals surface area contributed by atoms with Crippen molar-refractivity contribution in [2.45, 2.75) is 6.92 Å². The van der Waals surface area contributed by atoms with E-state index in [0.717, 1.165) is 23.3 Å². The Balaban J connectivity index is 1.98. The summed E-state index contributed by atoms with van der Waals surface area (Å²) in [6, 6.07) is 11.0. The molecule has 0 bridgehead atoms. The van der Waals surface area contributed by atoms with Crippen LogP contribution in [0.1, 0.15) is 16.7 Å². The van der Waals surface area contributed by atoms with E-state index in [0.29, 0.717) is 5.56 Å². The predicted molar refractivity (Wildman–Crippen MR) is 80.2 cm³/mol. The number of amidine groups is 1. The zero-order chi connectivity index (χ0) is 15.7. The van der Waals surface area contributed by atoms with E-state index in [2.05, 4.69) is 10.3 Å². The van der Waals surface area contributed by atoms with Crippen molar-refractivity contribution in [2.24, 2.45) is 4.99 Å². The fourth-order valence-corrected chi connectivity index (χ4v) is 2.14. The highest BCUT2D eigenvalue weighted by atomic mass is 19.2. The average molecular weight is 298 g/mol. The average Bonchev–Trinajstić information content (AvgIpc) is 2.85. The first-order valence-electron chi connectivity index (χ1n) is 6.67. The van der Waals surface area contributed by atoms with Gasteiger partial charge in [0.1, 0.15) is 11.5 Å². The first-order chi connectivity index (χ1) is 10.5. The maximum Gasteiger partial charge on any atom is 0.275 e. The summed E-state index contributed by atoms with van der Waals surface area (Å²) in [4.78, 5) is 16.1. The first kappa shape index (κ1) is 14.1. The molecule has 1 heterocycles. The minimum absolute atomic E-state index is 0.212. The molecule has 1 N–H and O–H groups in total. The van der Waals surface area contributed by atoms with E-state index in [1.807, 2.05) is 31.2 Å². The first-order valence-corrected chi connectivity index (χ1v) is 6.67. The van der Waals surface area contributed by atoms with Gasteiger partial charge in [-0.25, -0.2) is 13.8 Å². The van der Waals surface area contributed by atoms with E-state index in [4.69, 9.17) is 0 Å². The SMILES string of the molecule is Cc1ccccc1/C=C1\N=C(c2ccc(F)c(F)c2)NC1=O. The zero-order valence-electron chi connectivity index (χ0n) is 11.7. The van der Waals surface area contributed by atoms with Crippen molar-refractivity contribution < 1.29 is 13.6 Å². The van der Waals surface area contributed by atoms with Crippen LogP contribution >= 0.6 is 0 Å². The van der Waals surface area contributed by atoms with E-state index >= 15 is 0 Å². The summed E-state index contributed by atoms with van der Waals surface area (Å²) in [7, 11) is 0. The highest BCUT2D eigenvalue weighted by Crippen LogP contribution is 2.18. The zero-order valence-corrected chi connectivity index (χ0v) is 11.7. The van der Waals surface area contributed by atoms with Crippen LogP contribution in [0.4, 0.5) is 8.78 Å². The molecule has 110 valence electrons. The summed E-state index contributed by atoms with van der Waals surface area (Å²) >= 11 is 0. The second-order valence-corrected chi connectivity index (χ2v) is 4.93. The summed E-state index contributed by atoms with van der Waals surface area (Å²) in [5.74, 6) is -2.08. The monoisotopic (exact) mass is 298 g/mol. The molecule has 5 heteroatoms. The van der Waals surface area contributed by atoms with Crippen molar-refractivity contribution >= 4 is 17.8 Å². The number of carbonyl (C=O) groups is 1. The number of hydrogen-bond donors (Lipinski definition) is 1. The number of amides is 1. The summed E-state index contributed by atoms with van der Waals surface area (Å²) in [5.41, 5.74) is 2.44. The smallest absolute Gasteiger partial charge is 0.275 e. The van der Waals surface area contributed by atoms with Gasteiger partial charge >= 0.3 is 0 Å². The Labute approximate surface area is 126 Å². The van der Waals surface area contributed by atoms with E-state index in [1.165, 1.54) is 6.07 Å². The Kier molecular flexibility index (Phi) is 3.55. The number of halogens is 2. The van der Waals surface area contributed by atoms with E-state index < -0.39 is 11.6 Å². The molecule has 2 aromatic rings. The van der Waals surface area contributed by atoms with Crippen molar-refractivity contribution in [1.29, 1.82) is 0 Å². The number of carbonyl (C=O) groups excluding carboxylic acids is 1.